The van der Waals surface area contributed by atoms with Crippen LogP contribution in [-0.2, 0) is 4.79 Å². The van der Waals surface area contributed by atoms with Crippen LogP contribution in [0.3, 0.4) is 0 Å². The molecular formula is C18H15N3O2S. The molecule has 0 spiro atoms. The number of phenolic OH excluding ortho intramolecular Hbond substituents is 1. The monoisotopic (exact) mass is 337 g/mol. The van der Waals surface area contributed by atoms with Gasteiger partial charge in [0.1, 0.15) is 5.75 Å². The maximum absolute atomic E-state index is 12.6. The Morgan fingerprint density at radius 3 is 2.58 bits per heavy atom. The summed E-state index contributed by atoms with van der Waals surface area (Å²) in [6.45, 7) is 4.09. The van der Waals surface area contributed by atoms with Crippen molar-refractivity contribution in [1.82, 2.24) is 9.88 Å². The van der Waals surface area contributed by atoms with Gasteiger partial charge in [0.2, 0.25) is 0 Å². The number of benzene rings is 1. The van der Waals surface area contributed by atoms with Crippen molar-refractivity contribution >= 4 is 34.6 Å². The van der Waals surface area contributed by atoms with Crippen molar-refractivity contribution in [3.05, 3.63) is 71.9 Å². The topological polar surface area (TPSA) is 65.8 Å². The third kappa shape index (κ3) is 3.55. The highest BCUT2D eigenvalue weighted by molar-refractivity contribution is 8.18. The molecule has 1 saturated heterocycles. The molecule has 1 amide bonds. The molecule has 3 rings (SSSR count). The predicted molar refractivity (Wildman–Crippen MR) is 96.9 cm³/mol. The van der Waals surface area contributed by atoms with E-state index in [0.29, 0.717) is 22.3 Å². The van der Waals surface area contributed by atoms with Crippen LogP contribution >= 0.6 is 11.8 Å². The van der Waals surface area contributed by atoms with Crippen molar-refractivity contribution < 1.29 is 9.90 Å². The zero-order chi connectivity index (χ0) is 16.9. The Labute approximate surface area is 144 Å². The van der Waals surface area contributed by atoms with E-state index in [0.717, 1.165) is 5.56 Å². The molecule has 0 aliphatic carbocycles. The minimum Gasteiger partial charge on any atom is -0.508 e. The van der Waals surface area contributed by atoms with Gasteiger partial charge in [0.15, 0.2) is 5.17 Å². The number of hydrogen-bond acceptors (Lipinski definition) is 5. The van der Waals surface area contributed by atoms with Crippen LogP contribution in [-0.4, -0.2) is 32.6 Å². The van der Waals surface area contributed by atoms with E-state index in [1.165, 1.54) is 11.8 Å². The standard InChI is InChI=1S/C18H15N3O2S/c1-2-11-21-17(23)16(12-13-7-9-19-10-8-13)24-18(21)20-14-3-5-15(22)6-4-14/h2-10,12,22H,1,11H2/b16-12-,20-18?. The fourth-order valence-electron chi connectivity index (χ4n) is 2.13. The number of carbonyl (C=O) groups excluding carboxylic acids is 1. The first-order valence-electron chi connectivity index (χ1n) is 7.27. The summed E-state index contributed by atoms with van der Waals surface area (Å²) >= 11 is 1.32. The van der Waals surface area contributed by atoms with Crippen LogP contribution in [0.2, 0.25) is 0 Å². The number of phenols is 1. The van der Waals surface area contributed by atoms with Crippen molar-refractivity contribution in [3.8, 4) is 5.75 Å². The summed E-state index contributed by atoms with van der Waals surface area (Å²) in [6.07, 6.45) is 6.86. The van der Waals surface area contributed by atoms with Crippen molar-refractivity contribution in [3.63, 3.8) is 0 Å². The molecule has 1 fully saturated rings. The number of aromatic hydroxyl groups is 1. The molecule has 0 atom stereocenters. The van der Waals surface area contributed by atoms with E-state index in [-0.39, 0.29) is 11.7 Å². The number of rotatable bonds is 4. The van der Waals surface area contributed by atoms with E-state index >= 15 is 0 Å². The largest absolute Gasteiger partial charge is 0.508 e. The van der Waals surface area contributed by atoms with Gasteiger partial charge in [-0.05, 0) is 59.8 Å². The molecule has 2 aromatic rings. The van der Waals surface area contributed by atoms with Gasteiger partial charge in [-0.15, -0.1) is 6.58 Å². The van der Waals surface area contributed by atoms with Gasteiger partial charge in [0, 0.05) is 18.9 Å². The molecule has 0 saturated carbocycles. The number of amidine groups is 1. The number of amides is 1. The first kappa shape index (κ1) is 16.0. The van der Waals surface area contributed by atoms with Gasteiger partial charge in [0.05, 0.1) is 10.6 Å². The van der Waals surface area contributed by atoms with Gasteiger partial charge in [-0.1, -0.05) is 6.08 Å². The first-order valence-corrected chi connectivity index (χ1v) is 8.09. The normalized spacial score (nSPS) is 17.7. The lowest BCUT2D eigenvalue weighted by Crippen LogP contribution is -2.29. The Kier molecular flexibility index (Phi) is 4.77. The van der Waals surface area contributed by atoms with E-state index in [2.05, 4.69) is 16.6 Å². The van der Waals surface area contributed by atoms with Gasteiger partial charge in [-0.3, -0.25) is 14.7 Å². The van der Waals surface area contributed by atoms with Gasteiger partial charge in [-0.25, -0.2) is 4.99 Å². The zero-order valence-corrected chi connectivity index (χ0v) is 13.6. The number of thioether (sulfide) groups is 1. The van der Waals surface area contributed by atoms with Crippen LogP contribution in [0.1, 0.15) is 5.56 Å². The second-order valence-corrected chi connectivity index (χ2v) is 6.02. The number of hydrogen-bond donors (Lipinski definition) is 1. The maximum Gasteiger partial charge on any atom is 0.267 e. The van der Waals surface area contributed by atoms with Crippen LogP contribution in [0.5, 0.6) is 5.75 Å². The lowest BCUT2D eigenvalue weighted by Gasteiger charge is -2.12. The molecule has 1 aliphatic rings. The number of pyridine rings is 1. The molecule has 6 heteroatoms. The Morgan fingerprint density at radius 2 is 1.92 bits per heavy atom. The molecule has 1 aromatic heterocycles. The molecule has 5 nitrogen and oxygen atoms in total. The van der Waals surface area contributed by atoms with Crippen molar-refractivity contribution in [2.45, 2.75) is 0 Å². The lowest BCUT2D eigenvalue weighted by molar-refractivity contribution is -0.121. The Balaban J connectivity index is 1.94. The molecule has 2 heterocycles. The van der Waals surface area contributed by atoms with Gasteiger partial charge in [0.25, 0.3) is 5.91 Å². The number of aromatic nitrogens is 1. The predicted octanol–water partition coefficient (Wildman–Crippen LogP) is 3.58. The molecule has 0 bridgehead atoms. The minimum absolute atomic E-state index is 0.103. The van der Waals surface area contributed by atoms with Crippen molar-refractivity contribution in [1.29, 1.82) is 0 Å². The van der Waals surface area contributed by atoms with Crippen LogP contribution in [0.25, 0.3) is 6.08 Å². The van der Waals surface area contributed by atoms with E-state index in [1.54, 1.807) is 47.6 Å². The van der Waals surface area contributed by atoms with Crippen LogP contribution in [0.4, 0.5) is 5.69 Å². The number of aliphatic imine (C=N–C) groups is 1. The highest BCUT2D eigenvalue weighted by Gasteiger charge is 2.32. The van der Waals surface area contributed by atoms with E-state index in [9.17, 15) is 9.90 Å². The third-order valence-corrected chi connectivity index (χ3v) is 4.28. The maximum atomic E-state index is 12.6. The first-order chi connectivity index (χ1) is 11.7. The highest BCUT2D eigenvalue weighted by atomic mass is 32.2. The van der Waals surface area contributed by atoms with E-state index in [1.807, 2.05) is 18.2 Å². The fraction of sp³-hybridized carbons (Fsp3) is 0.0556. The number of nitrogens with zero attached hydrogens (tertiary/aromatic N) is 3. The lowest BCUT2D eigenvalue weighted by atomic mass is 10.2. The number of carbonyl (C=O) groups is 1. The molecule has 24 heavy (non-hydrogen) atoms. The summed E-state index contributed by atoms with van der Waals surface area (Å²) < 4.78 is 0. The Bertz CT molecular complexity index is 814. The van der Waals surface area contributed by atoms with E-state index < -0.39 is 0 Å². The van der Waals surface area contributed by atoms with Gasteiger partial charge >= 0.3 is 0 Å². The van der Waals surface area contributed by atoms with Crippen LogP contribution in [0.15, 0.2) is 71.3 Å². The quantitative estimate of drug-likeness (QED) is 0.684. The molecule has 1 aromatic carbocycles. The summed E-state index contributed by atoms with van der Waals surface area (Å²) in [5.41, 5.74) is 1.58. The molecule has 0 radical (unpaired) electrons. The summed E-state index contributed by atoms with van der Waals surface area (Å²) in [6, 6.07) is 10.2. The third-order valence-electron chi connectivity index (χ3n) is 3.28. The second kappa shape index (κ2) is 7.14. The molecule has 1 aliphatic heterocycles. The molecular weight excluding hydrogens is 322 g/mol. The van der Waals surface area contributed by atoms with Gasteiger partial charge in [-0.2, -0.15) is 0 Å². The summed E-state index contributed by atoms with van der Waals surface area (Å²) in [4.78, 5) is 23.3. The van der Waals surface area contributed by atoms with E-state index in [4.69, 9.17) is 0 Å². The van der Waals surface area contributed by atoms with Crippen LogP contribution in [0, 0.1) is 0 Å². The smallest absolute Gasteiger partial charge is 0.267 e. The molecule has 120 valence electrons. The SMILES string of the molecule is C=CCN1C(=O)/C(=C/c2ccncc2)SC1=Nc1ccc(O)cc1. The second-order valence-electron chi connectivity index (χ2n) is 5.01. The Morgan fingerprint density at radius 1 is 1.21 bits per heavy atom. The van der Waals surface area contributed by atoms with Crippen LogP contribution < -0.4 is 0 Å². The zero-order valence-electron chi connectivity index (χ0n) is 12.8. The van der Waals surface area contributed by atoms with Crippen molar-refractivity contribution in [2.24, 2.45) is 4.99 Å². The molecule has 0 unspecified atom stereocenters. The summed E-state index contributed by atoms with van der Waals surface area (Å²) in [7, 11) is 0. The molecule has 1 N–H and O–H groups in total. The minimum atomic E-state index is -0.103. The van der Waals surface area contributed by atoms with Gasteiger partial charge < -0.3 is 5.11 Å². The average molecular weight is 337 g/mol. The Hall–Kier alpha value is -2.86. The van der Waals surface area contributed by atoms with Crippen molar-refractivity contribution in [2.75, 3.05) is 6.54 Å². The highest BCUT2D eigenvalue weighted by Crippen LogP contribution is 2.34. The summed E-state index contributed by atoms with van der Waals surface area (Å²) in [5.74, 6) is 0.0737. The average Bonchev–Trinajstić information content (AvgIpc) is 2.87. The fourth-order valence-corrected chi connectivity index (χ4v) is 3.14. The summed E-state index contributed by atoms with van der Waals surface area (Å²) in [5, 5.41) is 9.95.